The molecule has 1 amide bonds. The molecular formula is C15H13F2N3O2. The molecule has 0 spiro atoms. The van der Waals surface area contributed by atoms with Crippen molar-refractivity contribution >= 4 is 5.91 Å². The molecule has 0 N–H and O–H groups in total. The number of amides is 1. The van der Waals surface area contributed by atoms with Crippen molar-refractivity contribution < 1.29 is 18.3 Å². The lowest BCUT2D eigenvalue weighted by atomic mass is 10.2. The maximum absolute atomic E-state index is 13.7. The second-order valence-electron chi connectivity index (χ2n) is 4.97. The fraction of sp³-hybridized carbons (Fsp3) is 0.267. The topological polar surface area (TPSA) is 55.3 Å². The highest BCUT2D eigenvalue weighted by Crippen LogP contribution is 2.19. The fourth-order valence-corrected chi connectivity index (χ4v) is 2.36. The highest BCUT2D eigenvalue weighted by molar-refractivity contribution is 5.94. The van der Waals surface area contributed by atoms with Gasteiger partial charge in [-0.05, 0) is 18.2 Å². The Labute approximate surface area is 125 Å². The van der Waals surface area contributed by atoms with Gasteiger partial charge in [0, 0.05) is 31.3 Å². The number of ether oxygens (including phenoxy) is 1. The summed E-state index contributed by atoms with van der Waals surface area (Å²) in [5.41, 5.74) is -0.137. The maximum Gasteiger partial charge on any atom is 0.256 e. The summed E-state index contributed by atoms with van der Waals surface area (Å²) in [6.07, 6.45) is 1.93. The van der Waals surface area contributed by atoms with Crippen molar-refractivity contribution in [2.75, 3.05) is 13.1 Å². The standard InChI is InChI=1S/C15H13F2N3O2/c16-10-3-4-12(13(17)8-10)15(21)20-7-5-11(9-20)22-14-2-1-6-18-19-14/h1-4,6,8,11H,5,7,9H2. The lowest BCUT2D eigenvalue weighted by molar-refractivity contribution is 0.0766. The van der Waals surface area contributed by atoms with Crippen molar-refractivity contribution in [3.05, 3.63) is 53.7 Å². The van der Waals surface area contributed by atoms with Crippen molar-refractivity contribution in [2.45, 2.75) is 12.5 Å². The highest BCUT2D eigenvalue weighted by Gasteiger charge is 2.29. The largest absolute Gasteiger partial charge is 0.471 e. The zero-order valence-corrected chi connectivity index (χ0v) is 11.6. The van der Waals surface area contributed by atoms with Crippen LogP contribution in [-0.4, -0.2) is 40.2 Å². The number of nitrogens with zero attached hydrogens (tertiary/aromatic N) is 3. The van der Waals surface area contributed by atoms with E-state index in [9.17, 15) is 13.6 Å². The quantitative estimate of drug-likeness (QED) is 0.871. The monoisotopic (exact) mass is 305 g/mol. The molecule has 1 aromatic carbocycles. The van der Waals surface area contributed by atoms with Crippen LogP contribution in [0.1, 0.15) is 16.8 Å². The summed E-state index contributed by atoms with van der Waals surface area (Å²) in [6, 6.07) is 6.31. The molecule has 1 aliphatic heterocycles. The van der Waals surface area contributed by atoms with E-state index in [2.05, 4.69) is 10.2 Å². The van der Waals surface area contributed by atoms with Crippen LogP contribution in [0.5, 0.6) is 5.88 Å². The minimum atomic E-state index is -0.858. The summed E-state index contributed by atoms with van der Waals surface area (Å²) < 4.78 is 32.2. The molecule has 114 valence electrons. The van der Waals surface area contributed by atoms with Crippen LogP contribution >= 0.6 is 0 Å². The van der Waals surface area contributed by atoms with Gasteiger partial charge in [0.1, 0.15) is 17.7 Å². The number of hydrogen-bond acceptors (Lipinski definition) is 4. The number of rotatable bonds is 3. The van der Waals surface area contributed by atoms with Crippen molar-refractivity contribution in [1.82, 2.24) is 15.1 Å². The Kier molecular flexibility index (Phi) is 3.95. The summed E-state index contributed by atoms with van der Waals surface area (Å²) in [5, 5.41) is 7.52. The van der Waals surface area contributed by atoms with E-state index in [-0.39, 0.29) is 11.7 Å². The van der Waals surface area contributed by atoms with Crippen molar-refractivity contribution in [2.24, 2.45) is 0 Å². The van der Waals surface area contributed by atoms with E-state index >= 15 is 0 Å². The normalized spacial score (nSPS) is 17.5. The molecule has 0 radical (unpaired) electrons. The summed E-state index contributed by atoms with van der Waals surface area (Å²) in [5.74, 6) is -1.65. The Morgan fingerprint density at radius 2 is 2.18 bits per heavy atom. The molecule has 0 saturated carbocycles. The van der Waals surface area contributed by atoms with Gasteiger partial charge in [-0.2, -0.15) is 5.10 Å². The zero-order chi connectivity index (χ0) is 15.5. The van der Waals surface area contributed by atoms with E-state index in [1.54, 1.807) is 12.1 Å². The fourth-order valence-electron chi connectivity index (χ4n) is 2.36. The van der Waals surface area contributed by atoms with Crippen LogP contribution in [0.3, 0.4) is 0 Å². The van der Waals surface area contributed by atoms with Crippen LogP contribution in [0.4, 0.5) is 8.78 Å². The molecule has 1 atom stereocenters. The molecule has 2 heterocycles. The molecule has 2 aromatic rings. The molecule has 22 heavy (non-hydrogen) atoms. The average molecular weight is 305 g/mol. The molecule has 7 heteroatoms. The minimum Gasteiger partial charge on any atom is -0.471 e. The van der Waals surface area contributed by atoms with Gasteiger partial charge < -0.3 is 9.64 Å². The first kappa shape index (κ1) is 14.4. The first-order chi connectivity index (χ1) is 10.6. The van der Waals surface area contributed by atoms with Crippen LogP contribution in [0, 0.1) is 11.6 Å². The number of aromatic nitrogens is 2. The van der Waals surface area contributed by atoms with Gasteiger partial charge in [-0.3, -0.25) is 4.79 Å². The van der Waals surface area contributed by atoms with Gasteiger partial charge in [0.25, 0.3) is 5.91 Å². The van der Waals surface area contributed by atoms with Crippen LogP contribution in [0.15, 0.2) is 36.5 Å². The minimum absolute atomic E-state index is 0.137. The van der Waals surface area contributed by atoms with E-state index in [0.717, 1.165) is 12.1 Å². The lowest BCUT2D eigenvalue weighted by Crippen LogP contribution is -2.31. The van der Waals surface area contributed by atoms with E-state index in [1.165, 1.54) is 11.1 Å². The van der Waals surface area contributed by atoms with Gasteiger partial charge in [-0.15, -0.1) is 5.10 Å². The molecule has 5 nitrogen and oxygen atoms in total. The predicted molar refractivity (Wildman–Crippen MR) is 73.3 cm³/mol. The Morgan fingerprint density at radius 3 is 2.91 bits per heavy atom. The van der Waals surface area contributed by atoms with E-state index in [1.807, 2.05) is 0 Å². The van der Waals surface area contributed by atoms with Crippen LogP contribution in [-0.2, 0) is 0 Å². The first-order valence-electron chi connectivity index (χ1n) is 6.82. The summed E-state index contributed by atoms with van der Waals surface area (Å²) in [7, 11) is 0. The second kappa shape index (κ2) is 6.05. The Hall–Kier alpha value is -2.57. The Bertz CT molecular complexity index is 682. The van der Waals surface area contributed by atoms with Crippen LogP contribution in [0.25, 0.3) is 0 Å². The molecule has 1 fully saturated rings. The third kappa shape index (κ3) is 3.03. The maximum atomic E-state index is 13.7. The molecule has 1 aliphatic rings. The molecule has 3 rings (SSSR count). The molecule has 0 bridgehead atoms. The molecule has 1 saturated heterocycles. The number of likely N-dealkylation sites (tertiary alicyclic amines) is 1. The van der Waals surface area contributed by atoms with Crippen LogP contribution in [0.2, 0.25) is 0 Å². The van der Waals surface area contributed by atoms with Crippen molar-refractivity contribution in [3.8, 4) is 5.88 Å². The summed E-state index contributed by atoms with van der Waals surface area (Å²) in [4.78, 5) is 13.7. The van der Waals surface area contributed by atoms with Crippen molar-refractivity contribution in [3.63, 3.8) is 0 Å². The number of halogens is 2. The average Bonchev–Trinajstić information content (AvgIpc) is 2.96. The molecule has 0 aliphatic carbocycles. The van der Waals surface area contributed by atoms with Crippen LogP contribution < -0.4 is 4.74 Å². The second-order valence-corrected chi connectivity index (χ2v) is 4.97. The van der Waals surface area contributed by atoms with E-state index in [0.29, 0.717) is 31.5 Å². The molecular weight excluding hydrogens is 292 g/mol. The third-order valence-corrected chi connectivity index (χ3v) is 3.43. The van der Waals surface area contributed by atoms with Gasteiger partial charge in [0.05, 0.1) is 12.1 Å². The van der Waals surface area contributed by atoms with Gasteiger partial charge in [0.15, 0.2) is 0 Å². The predicted octanol–water partition coefficient (Wildman–Crippen LogP) is 2.05. The lowest BCUT2D eigenvalue weighted by Gasteiger charge is -2.17. The molecule has 1 aromatic heterocycles. The van der Waals surface area contributed by atoms with E-state index in [4.69, 9.17) is 4.74 Å². The van der Waals surface area contributed by atoms with Gasteiger partial charge in [-0.25, -0.2) is 8.78 Å². The SMILES string of the molecule is O=C(c1ccc(F)cc1F)N1CCC(Oc2cccnn2)C1. The van der Waals surface area contributed by atoms with Crippen molar-refractivity contribution in [1.29, 1.82) is 0 Å². The summed E-state index contributed by atoms with van der Waals surface area (Å²) >= 11 is 0. The summed E-state index contributed by atoms with van der Waals surface area (Å²) in [6.45, 7) is 0.771. The smallest absolute Gasteiger partial charge is 0.256 e. The Balaban J connectivity index is 1.66. The van der Waals surface area contributed by atoms with E-state index < -0.39 is 17.5 Å². The number of carbonyl (C=O) groups excluding carboxylic acids is 1. The van der Waals surface area contributed by atoms with Gasteiger partial charge in [-0.1, -0.05) is 0 Å². The highest BCUT2D eigenvalue weighted by atomic mass is 19.1. The Morgan fingerprint density at radius 1 is 1.32 bits per heavy atom. The third-order valence-electron chi connectivity index (χ3n) is 3.43. The number of carbonyl (C=O) groups is 1. The van der Waals surface area contributed by atoms with Gasteiger partial charge >= 0.3 is 0 Å². The van der Waals surface area contributed by atoms with Gasteiger partial charge in [0.2, 0.25) is 5.88 Å². The molecule has 1 unspecified atom stereocenters. The first-order valence-corrected chi connectivity index (χ1v) is 6.82. The zero-order valence-electron chi connectivity index (χ0n) is 11.6. The number of benzene rings is 1. The number of hydrogen-bond donors (Lipinski definition) is 0.